The molecule has 0 aliphatic carbocycles. The summed E-state index contributed by atoms with van der Waals surface area (Å²) >= 11 is 0. The Kier molecular flexibility index (Phi) is 1.73. The molecule has 1 aliphatic heterocycles. The number of hydrogen-bond acceptors (Lipinski definition) is 3. The van der Waals surface area contributed by atoms with E-state index in [9.17, 15) is 4.79 Å². The van der Waals surface area contributed by atoms with Crippen LogP contribution in [0.25, 0.3) is 0 Å². The van der Waals surface area contributed by atoms with Crippen LogP contribution in [0.4, 0.5) is 0 Å². The van der Waals surface area contributed by atoms with Gasteiger partial charge in [-0.15, -0.1) is 0 Å². The molecule has 3 N–H and O–H groups in total. The topological polar surface area (TPSA) is 67.5 Å². The van der Waals surface area contributed by atoms with Crippen molar-refractivity contribution in [2.75, 3.05) is 0 Å². The minimum atomic E-state index is -0.186. The lowest BCUT2D eigenvalue weighted by Crippen LogP contribution is -2.35. The van der Waals surface area contributed by atoms with E-state index < -0.39 is 0 Å². The Morgan fingerprint density at radius 3 is 3.00 bits per heavy atom. The highest BCUT2D eigenvalue weighted by atomic mass is 16.1. The molecule has 4 heteroatoms. The predicted octanol–water partition coefficient (Wildman–Crippen LogP) is 0.245. The van der Waals surface area contributed by atoms with E-state index in [1.807, 2.05) is 18.2 Å². The van der Waals surface area contributed by atoms with Crippen molar-refractivity contribution in [3.63, 3.8) is 0 Å². The highest BCUT2D eigenvalue weighted by molar-refractivity contribution is 6.06. The summed E-state index contributed by atoms with van der Waals surface area (Å²) in [6.07, 6.45) is 0. The zero-order chi connectivity index (χ0) is 9.26. The lowest BCUT2D eigenvalue weighted by Gasteiger charge is -2.01. The molecule has 13 heavy (non-hydrogen) atoms. The minimum absolute atomic E-state index is 0.182. The fraction of sp³-hybridized carbons (Fsp3) is 0.111. The van der Waals surface area contributed by atoms with Gasteiger partial charge in [0.1, 0.15) is 0 Å². The Morgan fingerprint density at radius 2 is 2.15 bits per heavy atom. The predicted molar refractivity (Wildman–Crippen MR) is 49.2 cm³/mol. The Morgan fingerprint density at radius 1 is 1.38 bits per heavy atom. The van der Waals surface area contributed by atoms with E-state index in [1.165, 1.54) is 0 Å². The number of amides is 1. The molecule has 1 aliphatic rings. The van der Waals surface area contributed by atoms with Crippen molar-refractivity contribution in [3.8, 4) is 0 Å². The van der Waals surface area contributed by atoms with Gasteiger partial charge in [-0.2, -0.15) is 0 Å². The number of fused-ring (bicyclic) bond motifs is 1. The van der Waals surface area contributed by atoms with Gasteiger partial charge in [0.05, 0.1) is 6.54 Å². The van der Waals surface area contributed by atoms with Gasteiger partial charge in [0.2, 0.25) is 0 Å². The average molecular weight is 175 g/mol. The molecule has 0 bridgehead atoms. The lowest BCUT2D eigenvalue weighted by atomic mass is 10.1. The molecule has 1 aromatic carbocycles. The monoisotopic (exact) mass is 175 g/mol. The van der Waals surface area contributed by atoms with E-state index in [4.69, 9.17) is 5.73 Å². The van der Waals surface area contributed by atoms with Gasteiger partial charge in [0.15, 0.2) is 5.96 Å². The molecular formula is C9H9N3O. The molecule has 1 heterocycles. The number of guanidine groups is 1. The van der Waals surface area contributed by atoms with Crippen LogP contribution in [-0.2, 0) is 6.54 Å². The number of nitrogens with one attached hydrogen (secondary N) is 1. The molecule has 0 atom stereocenters. The van der Waals surface area contributed by atoms with Crippen molar-refractivity contribution in [2.45, 2.75) is 6.54 Å². The Bertz CT molecular complexity index is 384. The van der Waals surface area contributed by atoms with Crippen LogP contribution in [0.15, 0.2) is 29.3 Å². The molecule has 1 aromatic rings. The minimum Gasteiger partial charge on any atom is -0.370 e. The van der Waals surface area contributed by atoms with E-state index in [-0.39, 0.29) is 11.9 Å². The second-order valence-corrected chi connectivity index (χ2v) is 2.81. The number of benzene rings is 1. The summed E-state index contributed by atoms with van der Waals surface area (Å²) in [6.45, 7) is 0.459. The Hall–Kier alpha value is -1.84. The van der Waals surface area contributed by atoms with Crippen LogP contribution in [0.1, 0.15) is 15.9 Å². The van der Waals surface area contributed by atoms with Crippen molar-refractivity contribution in [1.82, 2.24) is 5.32 Å². The third-order valence-electron chi connectivity index (χ3n) is 1.92. The first-order valence-electron chi connectivity index (χ1n) is 3.96. The Labute approximate surface area is 75.5 Å². The number of carbonyl (C=O) groups excluding carboxylic acids is 1. The van der Waals surface area contributed by atoms with E-state index in [1.54, 1.807) is 6.07 Å². The number of aliphatic imine (C=N–C) groups is 1. The SMILES string of the molecule is NC1=NCc2ccccc2C(=O)N1. The molecule has 0 aromatic heterocycles. The fourth-order valence-corrected chi connectivity index (χ4v) is 1.27. The second-order valence-electron chi connectivity index (χ2n) is 2.81. The summed E-state index contributed by atoms with van der Waals surface area (Å²) in [5, 5.41) is 2.49. The van der Waals surface area contributed by atoms with Crippen LogP contribution in [0.3, 0.4) is 0 Å². The third kappa shape index (κ3) is 1.38. The summed E-state index contributed by atoms with van der Waals surface area (Å²) in [5.41, 5.74) is 6.97. The standard InChI is InChI=1S/C9H9N3O/c10-9-11-5-6-3-1-2-4-7(6)8(13)12-9/h1-4H,5H2,(H3,10,11,12,13). The molecule has 1 amide bonds. The molecule has 0 saturated heterocycles. The van der Waals surface area contributed by atoms with Gasteiger partial charge >= 0.3 is 0 Å². The second kappa shape index (κ2) is 2.90. The summed E-state index contributed by atoms with van der Waals surface area (Å²) < 4.78 is 0. The van der Waals surface area contributed by atoms with E-state index in [0.29, 0.717) is 12.1 Å². The largest absolute Gasteiger partial charge is 0.370 e. The van der Waals surface area contributed by atoms with Crippen molar-refractivity contribution < 1.29 is 4.79 Å². The highest BCUT2D eigenvalue weighted by Crippen LogP contribution is 2.11. The van der Waals surface area contributed by atoms with E-state index in [2.05, 4.69) is 10.3 Å². The van der Waals surface area contributed by atoms with Gasteiger partial charge in [0, 0.05) is 5.56 Å². The van der Waals surface area contributed by atoms with Crippen LogP contribution >= 0.6 is 0 Å². The molecule has 4 nitrogen and oxygen atoms in total. The van der Waals surface area contributed by atoms with Crippen molar-refractivity contribution >= 4 is 11.9 Å². The number of nitrogens with two attached hydrogens (primary N) is 1. The summed E-state index contributed by atoms with van der Waals surface area (Å²) in [7, 11) is 0. The van der Waals surface area contributed by atoms with Crippen LogP contribution in [-0.4, -0.2) is 11.9 Å². The fourth-order valence-electron chi connectivity index (χ4n) is 1.27. The molecule has 2 rings (SSSR count). The van der Waals surface area contributed by atoms with Crippen molar-refractivity contribution in [2.24, 2.45) is 10.7 Å². The van der Waals surface area contributed by atoms with Crippen LogP contribution < -0.4 is 11.1 Å². The first kappa shape index (κ1) is 7.79. The zero-order valence-corrected chi connectivity index (χ0v) is 6.95. The maximum Gasteiger partial charge on any atom is 0.258 e. The lowest BCUT2D eigenvalue weighted by molar-refractivity contribution is 0.0977. The molecule has 0 radical (unpaired) electrons. The average Bonchev–Trinajstić information content (AvgIpc) is 2.27. The smallest absolute Gasteiger partial charge is 0.258 e. The van der Waals surface area contributed by atoms with Crippen molar-refractivity contribution in [1.29, 1.82) is 0 Å². The molecular weight excluding hydrogens is 166 g/mol. The molecule has 0 saturated carbocycles. The third-order valence-corrected chi connectivity index (χ3v) is 1.92. The highest BCUT2D eigenvalue weighted by Gasteiger charge is 2.14. The van der Waals surface area contributed by atoms with Crippen molar-refractivity contribution in [3.05, 3.63) is 35.4 Å². The quantitative estimate of drug-likeness (QED) is 0.593. The van der Waals surface area contributed by atoms with Crippen LogP contribution in [0.2, 0.25) is 0 Å². The normalized spacial score (nSPS) is 15.4. The first-order chi connectivity index (χ1) is 6.27. The van der Waals surface area contributed by atoms with Gasteiger partial charge in [-0.25, -0.2) is 4.99 Å². The van der Waals surface area contributed by atoms with E-state index in [0.717, 1.165) is 5.56 Å². The number of rotatable bonds is 0. The molecule has 0 spiro atoms. The van der Waals surface area contributed by atoms with Gasteiger partial charge in [-0.1, -0.05) is 18.2 Å². The van der Waals surface area contributed by atoms with Crippen LogP contribution in [0.5, 0.6) is 0 Å². The molecule has 0 unspecified atom stereocenters. The zero-order valence-electron chi connectivity index (χ0n) is 6.95. The number of nitrogens with zero attached hydrogens (tertiary/aromatic N) is 1. The Balaban J connectivity index is 2.49. The summed E-state index contributed by atoms with van der Waals surface area (Å²) in [6, 6.07) is 7.33. The van der Waals surface area contributed by atoms with Crippen LogP contribution in [0, 0.1) is 0 Å². The maximum absolute atomic E-state index is 11.4. The summed E-state index contributed by atoms with van der Waals surface area (Å²) in [4.78, 5) is 15.4. The van der Waals surface area contributed by atoms with Gasteiger partial charge < -0.3 is 5.73 Å². The maximum atomic E-state index is 11.4. The number of hydrogen-bond donors (Lipinski definition) is 2. The first-order valence-corrected chi connectivity index (χ1v) is 3.96. The molecule has 66 valence electrons. The molecule has 0 fully saturated rings. The summed E-state index contributed by atoms with van der Waals surface area (Å²) in [5.74, 6) is -0.00412. The van der Waals surface area contributed by atoms with Gasteiger partial charge in [-0.05, 0) is 11.6 Å². The number of carbonyl (C=O) groups is 1. The van der Waals surface area contributed by atoms with Gasteiger partial charge in [0.25, 0.3) is 5.91 Å². The van der Waals surface area contributed by atoms with Gasteiger partial charge in [-0.3, -0.25) is 10.1 Å². The van der Waals surface area contributed by atoms with E-state index >= 15 is 0 Å².